The van der Waals surface area contributed by atoms with Crippen LogP contribution < -0.4 is 21.7 Å². The van der Waals surface area contributed by atoms with Crippen molar-refractivity contribution in [2.75, 3.05) is 0 Å². The molecule has 0 aliphatic rings. The number of H-pyrrole nitrogens is 2. The van der Waals surface area contributed by atoms with E-state index in [0.717, 1.165) is 12.1 Å². The van der Waals surface area contributed by atoms with E-state index in [1.54, 1.807) is 36.4 Å². The summed E-state index contributed by atoms with van der Waals surface area (Å²) in [6.07, 6.45) is 0. The van der Waals surface area contributed by atoms with Crippen molar-refractivity contribution in [1.29, 1.82) is 0 Å². The van der Waals surface area contributed by atoms with Crippen molar-refractivity contribution in [1.82, 2.24) is 9.97 Å². The van der Waals surface area contributed by atoms with E-state index in [0.29, 0.717) is 27.3 Å². The highest BCUT2D eigenvalue weighted by Gasteiger charge is 2.20. The molecule has 0 saturated heterocycles. The van der Waals surface area contributed by atoms with E-state index in [2.05, 4.69) is 9.97 Å². The number of fused-ring (bicyclic) bond motifs is 8. The molecule has 0 unspecified atom stereocenters. The lowest BCUT2D eigenvalue weighted by Crippen LogP contribution is -2.16. The molecule has 36 heavy (non-hydrogen) atoms. The van der Waals surface area contributed by atoms with Crippen LogP contribution in [0.5, 0.6) is 0 Å². The second kappa shape index (κ2) is 6.79. The lowest BCUT2D eigenvalue weighted by atomic mass is 9.99. The fraction of sp³-hybridized carbons (Fsp3) is 0. The third-order valence-corrected chi connectivity index (χ3v) is 6.86. The number of benzene rings is 6. The molecule has 0 atom stereocenters. The Morgan fingerprint density at radius 1 is 0.472 bits per heavy atom. The minimum Gasteiger partial charge on any atom is -0.351 e. The van der Waals surface area contributed by atoms with Gasteiger partial charge in [0.15, 0.2) is 33.3 Å². The quantitative estimate of drug-likeness (QED) is 0.249. The molecule has 7 rings (SSSR count). The topological polar surface area (TPSA) is 99.9 Å². The summed E-state index contributed by atoms with van der Waals surface area (Å²) in [5.41, 5.74) is -0.564. The van der Waals surface area contributed by atoms with Gasteiger partial charge in [-0.05, 0) is 36.4 Å². The van der Waals surface area contributed by atoms with Crippen molar-refractivity contribution >= 4 is 65.2 Å². The molecule has 0 bridgehead atoms. The monoisotopic (exact) mass is 478 g/mol. The Bertz CT molecular complexity index is 2380. The fourth-order valence-corrected chi connectivity index (χ4v) is 5.18. The number of hydrogen-bond acceptors (Lipinski definition) is 4. The molecular formula is C28H12F2N2O4. The third kappa shape index (κ3) is 2.42. The predicted molar refractivity (Wildman–Crippen MR) is 136 cm³/mol. The van der Waals surface area contributed by atoms with E-state index < -0.39 is 27.9 Å². The Kier molecular flexibility index (Phi) is 3.85. The first kappa shape index (κ1) is 20.4. The fourth-order valence-electron chi connectivity index (χ4n) is 5.18. The average Bonchev–Trinajstić information content (AvgIpc) is 2.89. The van der Waals surface area contributed by atoms with Crippen molar-refractivity contribution in [3.05, 3.63) is 113 Å². The normalized spacial score (nSPS) is 12.1. The Morgan fingerprint density at radius 2 is 0.917 bits per heavy atom. The number of aromatic nitrogens is 2. The molecular weight excluding hydrogens is 466 g/mol. The van der Waals surface area contributed by atoms with Gasteiger partial charge < -0.3 is 9.97 Å². The van der Waals surface area contributed by atoms with Gasteiger partial charge in [-0.15, -0.1) is 0 Å². The van der Waals surface area contributed by atoms with Crippen molar-refractivity contribution in [2.45, 2.75) is 0 Å². The second-order valence-corrected chi connectivity index (χ2v) is 8.72. The highest BCUT2D eigenvalue weighted by molar-refractivity contribution is 6.14. The van der Waals surface area contributed by atoms with E-state index >= 15 is 0 Å². The summed E-state index contributed by atoms with van der Waals surface area (Å²) in [6, 6.07) is 14.5. The predicted octanol–water partition coefficient (Wildman–Crippen LogP) is 4.42. The number of halogens is 2. The van der Waals surface area contributed by atoms with E-state index in [-0.39, 0.29) is 43.3 Å². The first-order chi connectivity index (χ1) is 17.4. The maximum absolute atomic E-state index is 14.4. The zero-order valence-corrected chi connectivity index (χ0v) is 18.2. The molecule has 0 fully saturated rings. The zero-order chi connectivity index (χ0) is 24.9. The molecule has 6 aromatic carbocycles. The zero-order valence-electron chi connectivity index (χ0n) is 18.2. The van der Waals surface area contributed by atoms with Crippen LogP contribution in [0.15, 0.2) is 79.8 Å². The minimum absolute atomic E-state index is 0.0135. The summed E-state index contributed by atoms with van der Waals surface area (Å²) in [4.78, 5) is 59.1. The van der Waals surface area contributed by atoms with Gasteiger partial charge in [0.1, 0.15) is 0 Å². The smallest absolute Gasteiger partial charge is 0.197 e. The highest BCUT2D eigenvalue weighted by Crippen LogP contribution is 2.27. The highest BCUT2D eigenvalue weighted by atomic mass is 19.2. The Morgan fingerprint density at radius 3 is 1.53 bits per heavy atom. The van der Waals surface area contributed by atoms with Crippen LogP contribution in [0.4, 0.5) is 8.78 Å². The molecule has 8 heteroatoms. The first-order valence-corrected chi connectivity index (χ1v) is 11.0. The summed E-state index contributed by atoms with van der Waals surface area (Å²) in [5, 5.41) is 0.228. The SMILES string of the molecule is O=c1c2ccccc2c(=O)c2c1ccc1[nH]c3c(ccc4c(=O)c5c(F)c(F)ccc5c(=O)c43)[nH]c12. The van der Waals surface area contributed by atoms with Crippen LogP contribution in [0.3, 0.4) is 0 Å². The minimum atomic E-state index is -1.36. The maximum atomic E-state index is 14.4. The van der Waals surface area contributed by atoms with Gasteiger partial charge in [0.2, 0.25) is 0 Å². The number of aromatic amines is 2. The van der Waals surface area contributed by atoms with Crippen molar-refractivity contribution in [2.24, 2.45) is 0 Å². The summed E-state index contributed by atoms with van der Waals surface area (Å²) in [7, 11) is 0. The van der Waals surface area contributed by atoms with Crippen LogP contribution >= 0.6 is 0 Å². The maximum Gasteiger partial charge on any atom is 0.197 e. The number of nitrogens with one attached hydrogen (secondary N) is 2. The van der Waals surface area contributed by atoms with Crippen LogP contribution in [-0.2, 0) is 0 Å². The van der Waals surface area contributed by atoms with Gasteiger partial charge >= 0.3 is 0 Å². The molecule has 7 aromatic rings. The van der Waals surface area contributed by atoms with Crippen LogP contribution in [0.25, 0.3) is 65.2 Å². The largest absolute Gasteiger partial charge is 0.351 e. The van der Waals surface area contributed by atoms with Crippen LogP contribution in [0, 0.1) is 11.6 Å². The molecule has 0 aliphatic heterocycles. The Hall–Kier alpha value is -4.98. The number of hydrogen-bond donors (Lipinski definition) is 2. The summed E-state index contributed by atoms with van der Waals surface area (Å²) < 4.78 is 28.2. The third-order valence-electron chi connectivity index (χ3n) is 6.86. The molecule has 1 aromatic heterocycles. The summed E-state index contributed by atoms with van der Waals surface area (Å²) in [6.45, 7) is 0. The van der Waals surface area contributed by atoms with Crippen molar-refractivity contribution in [3.63, 3.8) is 0 Å². The van der Waals surface area contributed by atoms with Gasteiger partial charge in [0.05, 0.1) is 38.2 Å². The van der Waals surface area contributed by atoms with Crippen LogP contribution in [-0.4, -0.2) is 9.97 Å². The molecule has 6 nitrogen and oxygen atoms in total. The lowest BCUT2D eigenvalue weighted by molar-refractivity contribution is 0.516. The second-order valence-electron chi connectivity index (χ2n) is 8.72. The van der Waals surface area contributed by atoms with E-state index in [1.807, 2.05) is 0 Å². The van der Waals surface area contributed by atoms with Gasteiger partial charge in [-0.1, -0.05) is 24.3 Å². The lowest BCUT2D eigenvalue weighted by Gasteiger charge is -2.10. The molecule has 172 valence electrons. The average molecular weight is 478 g/mol. The molecule has 2 N–H and O–H groups in total. The Labute approximate surface area is 197 Å². The van der Waals surface area contributed by atoms with Crippen LogP contribution in [0.2, 0.25) is 0 Å². The van der Waals surface area contributed by atoms with Gasteiger partial charge in [-0.25, -0.2) is 8.78 Å². The first-order valence-electron chi connectivity index (χ1n) is 11.0. The summed E-state index contributed by atoms with van der Waals surface area (Å²) >= 11 is 0. The van der Waals surface area contributed by atoms with E-state index in [9.17, 15) is 28.0 Å². The molecule has 0 radical (unpaired) electrons. The van der Waals surface area contributed by atoms with Gasteiger partial charge in [0.25, 0.3) is 0 Å². The molecule has 0 aliphatic carbocycles. The molecule has 0 spiro atoms. The molecule has 1 heterocycles. The summed E-state index contributed by atoms with van der Waals surface area (Å²) in [5.74, 6) is -2.57. The van der Waals surface area contributed by atoms with Gasteiger partial charge in [-0.3, -0.25) is 19.2 Å². The van der Waals surface area contributed by atoms with E-state index in [1.165, 1.54) is 12.1 Å². The van der Waals surface area contributed by atoms with Crippen molar-refractivity contribution < 1.29 is 8.78 Å². The van der Waals surface area contributed by atoms with Crippen LogP contribution in [0.1, 0.15) is 0 Å². The Balaban J connectivity index is 1.70. The molecule has 0 saturated carbocycles. The number of rotatable bonds is 0. The van der Waals surface area contributed by atoms with E-state index in [4.69, 9.17) is 0 Å². The van der Waals surface area contributed by atoms with Crippen molar-refractivity contribution in [3.8, 4) is 0 Å². The standard InChI is InChI=1S/C28H12F2N2O4/c29-16-8-5-13-19(22(16)30)27(35)15-7-10-18-24(21(15)28(13)36)32-17-9-6-14-20(23(17)31-18)26(34)12-4-2-1-3-11(12)25(14)33/h1-10,31-32H. The van der Waals surface area contributed by atoms with Gasteiger partial charge in [-0.2, -0.15) is 0 Å². The molecule has 0 amide bonds. The van der Waals surface area contributed by atoms with Gasteiger partial charge in [0, 0.05) is 26.9 Å².